The number of aromatic nitrogens is 1. The fraction of sp³-hybridized carbons (Fsp3) is 0.261. The first-order valence-electron chi connectivity index (χ1n) is 9.97. The van der Waals surface area contributed by atoms with Crippen LogP contribution in [0.4, 0.5) is 10.8 Å². The summed E-state index contributed by atoms with van der Waals surface area (Å²) < 4.78 is 10.9. The van der Waals surface area contributed by atoms with Gasteiger partial charge >= 0.3 is 0 Å². The minimum Gasteiger partial charge on any atom is -0.497 e. The zero-order chi connectivity index (χ0) is 23.8. The van der Waals surface area contributed by atoms with Crippen molar-refractivity contribution in [3.63, 3.8) is 0 Å². The third kappa shape index (κ3) is 7.66. The number of nitrogens with one attached hydrogen (secondary N) is 2. The summed E-state index contributed by atoms with van der Waals surface area (Å²) in [5.41, 5.74) is 0.394. The quantitative estimate of drug-likeness (QED) is 0.379. The van der Waals surface area contributed by atoms with Gasteiger partial charge in [-0.05, 0) is 62.4 Å². The highest BCUT2D eigenvalue weighted by Crippen LogP contribution is 2.24. The average Bonchev–Trinajstić information content (AvgIpc) is 3.23. The molecule has 0 aliphatic rings. The molecule has 33 heavy (non-hydrogen) atoms. The van der Waals surface area contributed by atoms with Crippen LogP contribution in [-0.4, -0.2) is 35.3 Å². The summed E-state index contributed by atoms with van der Waals surface area (Å²) in [7, 11) is 1.59. The van der Waals surface area contributed by atoms with Crippen molar-refractivity contribution in [1.82, 2.24) is 4.98 Å². The van der Waals surface area contributed by atoms with E-state index in [0.29, 0.717) is 27.3 Å². The largest absolute Gasteiger partial charge is 0.497 e. The van der Waals surface area contributed by atoms with E-state index in [9.17, 15) is 9.59 Å². The molecule has 0 aliphatic carbocycles. The van der Waals surface area contributed by atoms with Gasteiger partial charge in [0.1, 0.15) is 11.5 Å². The van der Waals surface area contributed by atoms with Gasteiger partial charge in [0, 0.05) is 21.8 Å². The predicted molar refractivity (Wildman–Crippen MR) is 135 cm³/mol. The van der Waals surface area contributed by atoms with Crippen LogP contribution in [0.1, 0.15) is 19.5 Å². The number of hydrogen-bond acceptors (Lipinski definition) is 7. The fourth-order valence-electron chi connectivity index (χ4n) is 2.64. The number of carbonyl (C=O) groups is 2. The molecule has 2 amide bonds. The van der Waals surface area contributed by atoms with E-state index in [1.54, 1.807) is 69.5 Å². The molecule has 0 aliphatic heterocycles. The van der Waals surface area contributed by atoms with Crippen LogP contribution in [0.3, 0.4) is 0 Å². The molecule has 0 unspecified atom stereocenters. The topological polar surface area (TPSA) is 89.6 Å². The molecule has 1 aromatic heterocycles. The molecule has 1 heterocycles. The first-order valence-corrected chi connectivity index (χ1v) is 12.4. The molecular weight excluding hydrogens is 482 g/mol. The minimum atomic E-state index is -1.10. The van der Waals surface area contributed by atoms with Crippen molar-refractivity contribution >= 4 is 57.3 Å². The van der Waals surface area contributed by atoms with E-state index in [0.717, 1.165) is 11.4 Å². The molecule has 0 bridgehead atoms. The number of carbonyl (C=O) groups excluding carboxylic acids is 2. The molecule has 0 atom stereocenters. The number of halogens is 1. The van der Waals surface area contributed by atoms with E-state index in [1.807, 2.05) is 5.38 Å². The Kier molecular flexibility index (Phi) is 8.60. The lowest BCUT2D eigenvalue weighted by atomic mass is 10.1. The number of methoxy groups -OCH3 is 1. The molecule has 3 aromatic rings. The number of hydrogen-bond donors (Lipinski definition) is 2. The van der Waals surface area contributed by atoms with Gasteiger partial charge in [-0.15, -0.1) is 23.1 Å². The van der Waals surface area contributed by atoms with Crippen LogP contribution in [0, 0.1) is 0 Å². The Bertz CT molecular complexity index is 1090. The summed E-state index contributed by atoms with van der Waals surface area (Å²) in [6.07, 6.45) is 0. The van der Waals surface area contributed by atoms with Gasteiger partial charge < -0.3 is 14.8 Å². The lowest BCUT2D eigenvalue weighted by Crippen LogP contribution is -2.42. The second-order valence-electron chi connectivity index (χ2n) is 7.43. The third-order valence-corrected chi connectivity index (χ3v) is 6.39. The van der Waals surface area contributed by atoms with Crippen LogP contribution in [-0.2, 0) is 15.3 Å². The number of amides is 2. The minimum absolute atomic E-state index is 0.102. The molecular formula is C23H24ClN3O4S2. The Morgan fingerprint density at radius 2 is 1.73 bits per heavy atom. The SMILES string of the molecule is COc1ccc(NC(=O)CSCc2csc(NC(=O)C(C)(C)Oc3ccc(Cl)cc3)n2)cc1. The van der Waals surface area contributed by atoms with Crippen molar-refractivity contribution in [3.8, 4) is 11.5 Å². The maximum Gasteiger partial charge on any atom is 0.269 e. The van der Waals surface area contributed by atoms with Crippen molar-refractivity contribution in [3.05, 3.63) is 64.6 Å². The highest BCUT2D eigenvalue weighted by molar-refractivity contribution is 7.99. The monoisotopic (exact) mass is 505 g/mol. The molecule has 2 aromatic carbocycles. The summed E-state index contributed by atoms with van der Waals surface area (Å²) in [5.74, 6) is 1.69. The van der Waals surface area contributed by atoms with Gasteiger partial charge in [-0.3, -0.25) is 14.9 Å². The van der Waals surface area contributed by atoms with E-state index in [2.05, 4.69) is 15.6 Å². The van der Waals surface area contributed by atoms with Crippen LogP contribution in [0.15, 0.2) is 53.9 Å². The predicted octanol–water partition coefficient (Wildman–Crippen LogP) is 5.47. The highest BCUT2D eigenvalue weighted by atomic mass is 35.5. The number of rotatable bonds is 10. The molecule has 2 N–H and O–H groups in total. The van der Waals surface area contributed by atoms with Gasteiger partial charge in [0.05, 0.1) is 18.6 Å². The fourth-order valence-corrected chi connectivity index (χ4v) is 4.30. The molecule has 0 radical (unpaired) electrons. The van der Waals surface area contributed by atoms with Gasteiger partial charge in [-0.1, -0.05) is 11.6 Å². The standard InChI is InChI=1S/C23H24ClN3O4S2/c1-23(2,31-19-8-4-15(24)5-9-19)21(29)27-22-26-17(13-33-22)12-32-14-20(28)25-16-6-10-18(30-3)11-7-16/h4-11,13H,12,14H2,1-3H3,(H,25,28)(H,26,27,29). The zero-order valence-electron chi connectivity index (χ0n) is 18.4. The number of thiazole rings is 1. The molecule has 10 heteroatoms. The van der Waals surface area contributed by atoms with Gasteiger partial charge in [0.15, 0.2) is 10.7 Å². The second kappa shape index (κ2) is 11.4. The Balaban J connectivity index is 1.44. The lowest BCUT2D eigenvalue weighted by Gasteiger charge is -2.24. The lowest BCUT2D eigenvalue weighted by molar-refractivity contribution is -0.128. The summed E-state index contributed by atoms with van der Waals surface area (Å²) in [4.78, 5) is 29.2. The number of anilines is 2. The summed E-state index contributed by atoms with van der Waals surface area (Å²) in [5, 5.41) is 8.56. The molecule has 3 rings (SSSR count). The Morgan fingerprint density at radius 3 is 2.39 bits per heavy atom. The van der Waals surface area contributed by atoms with Crippen LogP contribution >= 0.6 is 34.7 Å². The van der Waals surface area contributed by atoms with Gasteiger partial charge in [0.2, 0.25) is 5.91 Å². The van der Waals surface area contributed by atoms with E-state index in [4.69, 9.17) is 21.1 Å². The zero-order valence-corrected chi connectivity index (χ0v) is 20.8. The van der Waals surface area contributed by atoms with E-state index in [1.165, 1.54) is 23.1 Å². The van der Waals surface area contributed by atoms with Crippen LogP contribution in [0.5, 0.6) is 11.5 Å². The summed E-state index contributed by atoms with van der Waals surface area (Å²) in [6.45, 7) is 3.37. The van der Waals surface area contributed by atoms with Gasteiger partial charge in [-0.25, -0.2) is 4.98 Å². The van der Waals surface area contributed by atoms with Crippen molar-refractivity contribution < 1.29 is 19.1 Å². The summed E-state index contributed by atoms with van der Waals surface area (Å²) in [6, 6.07) is 14.0. The van der Waals surface area contributed by atoms with Crippen LogP contribution in [0.2, 0.25) is 5.02 Å². The number of thioether (sulfide) groups is 1. The van der Waals surface area contributed by atoms with E-state index < -0.39 is 5.60 Å². The normalized spacial score (nSPS) is 11.0. The molecule has 0 fully saturated rings. The highest BCUT2D eigenvalue weighted by Gasteiger charge is 2.30. The Morgan fingerprint density at radius 1 is 1.06 bits per heavy atom. The maximum absolute atomic E-state index is 12.7. The first kappa shape index (κ1) is 24.9. The smallest absolute Gasteiger partial charge is 0.269 e. The molecule has 0 spiro atoms. The number of benzene rings is 2. The van der Waals surface area contributed by atoms with Crippen molar-refractivity contribution in [2.45, 2.75) is 25.2 Å². The number of ether oxygens (including phenoxy) is 2. The average molecular weight is 506 g/mol. The molecule has 0 saturated heterocycles. The molecule has 7 nitrogen and oxygen atoms in total. The third-order valence-electron chi connectivity index (χ3n) is 4.36. The summed E-state index contributed by atoms with van der Waals surface area (Å²) >= 11 is 8.65. The van der Waals surface area contributed by atoms with Gasteiger partial charge in [-0.2, -0.15) is 0 Å². The van der Waals surface area contributed by atoms with Crippen LogP contribution in [0.25, 0.3) is 0 Å². The maximum atomic E-state index is 12.7. The van der Waals surface area contributed by atoms with Gasteiger partial charge in [0.25, 0.3) is 5.91 Å². The van der Waals surface area contributed by atoms with Crippen molar-refractivity contribution in [1.29, 1.82) is 0 Å². The molecule has 0 saturated carbocycles. The first-order chi connectivity index (χ1) is 15.7. The van der Waals surface area contributed by atoms with Crippen LogP contribution < -0.4 is 20.1 Å². The Hall–Kier alpha value is -2.75. The number of nitrogens with zero attached hydrogens (tertiary/aromatic N) is 1. The van der Waals surface area contributed by atoms with Crippen molar-refractivity contribution in [2.24, 2.45) is 0 Å². The Labute approximate surface area is 205 Å². The van der Waals surface area contributed by atoms with E-state index in [-0.39, 0.29) is 17.6 Å². The molecule has 174 valence electrons. The second-order valence-corrected chi connectivity index (χ2v) is 9.71. The van der Waals surface area contributed by atoms with Crippen molar-refractivity contribution in [2.75, 3.05) is 23.5 Å². The van der Waals surface area contributed by atoms with E-state index >= 15 is 0 Å².